The summed E-state index contributed by atoms with van der Waals surface area (Å²) in [6, 6.07) is 5.94. The molecule has 1 aromatic heterocycles. The maximum atomic E-state index is 11.2. The van der Waals surface area contributed by atoms with E-state index in [2.05, 4.69) is 5.10 Å². The van der Waals surface area contributed by atoms with E-state index in [9.17, 15) is 4.79 Å². The van der Waals surface area contributed by atoms with Gasteiger partial charge in [0.1, 0.15) is 0 Å². The molecule has 0 atom stereocenters. The lowest BCUT2D eigenvalue weighted by atomic mass is 10.1. The number of hydrogen-bond acceptors (Lipinski definition) is 3. The van der Waals surface area contributed by atoms with Crippen molar-refractivity contribution in [1.29, 1.82) is 0 Å². The van der Waals surface area contributed by atoms with Crippen LogP contribution in [0.25, 0.3) is 5.69 Å². The fraction of sp³-hybridized carbons (Fsp3) is 0.231. The number of carbonyl (C=O) groups is 1. The van der Waals surface area contributed by atoms with E-state index >= 15 is 0 Å². The van der Waals surface area contributed by atoms with Gasteiger partial charge in [-0.3, -0.25) is 4.79 Å². The second-order valence-electron chi connectivity index (χ2n) is 4.39. The SMILES string of the molecule is Cc1ccc(-n2nc(C(N)=O)c(N)c2C)cc1C. The van der Waals surface area contributed by atoms with E-state index in [0.29, 0.717) is 11.4 Å². The van der Waals surface area contributed by atoms with E-state index in [1.807, 2.05) is 39.0 Å². The minimum atomic E-state index is -0.613. The van der Waals surface area contributed by atoms with Gasteiger partial charge in [-0.1, -0.05) is 6.07 Å². The highest BCUT2D eigenvalue weighted by molar-refractivity contribution is 5.96. The van der Waals surface area contributed by atoms with Crippen molar-refractivity contribution in [2.24, 2.45) is 5.73 Å². The fourth-order valence-electron chi connectivity index (χ4n) is 1.81. The van der Waals surface area contributed by atoms with Crippen molar-refractivity contribution >= 4 is 11.6 Å². The van der Waals surface area contributed by atoms with Gasteiger partial charge in [0.15, 0.2) is 5.69 Å². The van der Waals surface area contributed by atoms with E-state index in [4.69, 9.17) is 11.5 Å². The number of benzene rings is 1. The second kappa shape index (κ2) is 4.18. The van der Waals surface area contributed by atoms with Crippen molar-refractivity contribution < 1.29 is 4.79 Å². The molecular formula is C13H16N4O. The zero-order valence-corrected chi connectivity index (χ0v) is 10.7. The van der Waals surface area contributed by atoms with Crippen molar-refractivity contribution in [2.45, 2.75) is 20.8 Å². The molecule has 1 amide bonds. The molecule has 5 heteroatoms. The monoisotopic (exact) mass is 244 g/mol. The third kappa shape index (κ3) is 1.84. The van der Waals surface area contributed by atoms with Crippen LogP contribution in [0.3, 0.4) is 0 Å². The van der Waals surface area contributed by atoms with Gasteiger partial charge in [-0.05, 0) is 44.0 Å². The van der Waals surface area contributed by atoms with Crippen LogP contribution in [0.2, 0.25) is 0 Å². The largest absolute Gasteiger partial charge is 0.395 e. The Morgan fingerprint density at radius 2 is 1.89 bits per heavy atom. The molecule has 0 aliphatic heterocycles. The Balaban J connectivity index is 2.61. The molecule has 0 unspecified atom stereocenters. The van der Waals surface area contributed by atoms with Crippen LogP contribution in [0.5, 0.6) is 0 Å². The number of nitrogens with two attached hydrogens (primary N) is 2. The highest BCUT2D eigenvalue weighted by Gasteiger charge is 2.17. The van der Waals surface area contributed by atoms with Gasteiger partial charge in [-0.15, -0.1) is 0 Å². The number of amides is 1. The number of anilines is 1. The number of nitrogen functional groups attached to an aromatic ring is 1. The average molecular weight is 244 g/mol. The number of aromatic nitrogens is 2. The van der Waals surface area contributed by atoms with Gasteiger partial charge in [0.2, 0.25) is 0 Å². The van der Waals surface area contributed by atoms with Crippen LogP contribution >= 0.6 is 0 Å². The molecule has 94 valence electrons. The Bertz CT molecular complexity index is 628. The summed E-state index contributed by atoms with van der Waals surface area (Å²) < 4.78 is 1.64. The van der Waals surface area contributed by atoms with Crippen molar-refractivity contribution in [3.05, 3.63) is 40.7 Å². The molecule has 5 nitrogen and oxygen atoms in total. The number of primary amides is 1. The molecule has 0 spiro atoms. The number of rotatable bonds is 2. The normalized spacial score (nSPS) is 10.6. The van der Waals surface area contributed by atoms with Gasteiger partial charge in [-0.2, -0.15) is 5.10 Å². The van der Waals surface area contributed by atoms with Crippen molar-refractivity contribution in [1.82, 2.24) is 9.78 Å². The van der Waals surface area contributed by atoms with Crippen molar-refractivity contribution in [3.63, 3.8) is 0 Å². The van der Waals surface area contributed by atoms with Crippen LogP contribution in [0.1, 0.15) is 27.3 Å². The van der Waals surface area contributed by atoms with E-state index in [1.165, 1.54) is 5.56 Å². The fourth-order valence-corrected chi connectivity index (χ4v) is 1.81. The molecule has 0 saturated carbocycles. The van der Waals surface area contributed by atoms with Crippen LogP contribution in [0.15, 0.2) is 18.2 Å². The molecule has 1 heterocycles. The van der Waals surface area contributed by atoms with Crippen LogP contribution in [-0.4, -0.2) is 15.7 Å². The van der Waals surface area contributed by atoms with E-state index < -0.39 is 5.91 Å². The summed E-state index contributed by atoms with van der Waals surface area (Å²) in [5.41, 5.74) is 15.4. The van der Waals surface area contributed by atoms with Gasteiger partial charge in [0.05, 0.1) is 17.1 Å². The Labute approximate surface area is 105 Å². The minimum absolute atomic E-state index is 0.116. The topological polar surface area (TPSA) is 86.9 Å². The van der Waals surface area contributed by atoms with Crippen LogP contribution < -0.4 is 11.5 Å². The summed E-state index contributed by atoms with van der Waals surface area (Å²) >= 11 is 0. The van der Waals surface area contributed by atoms with Gasteiger partial charge in [0, 0.05) is 0 Å². The van der Waals surface area contributed by atoms with Crippen LogP contribution in [0.4, 0.5) is 5.69 Å². The smallest absolute Gasteiger partial charge is 0.271 e. The molecule has 0 radical (unpaired) electrons. The lowest BCUT2D eigenvalue weighted by molar-refractivity contribution is 0.0996. The maximum absolute atomic E-state index is 11.2. The Morgan fingerprint density at radius 1 is 1.22 bits per heavy atom. The molecule has 4 N–H and O–H groups in total. The highest BCUT2D eigenvalue weighted by atomic mass is 16.1. The summed E-state index contributed by atoms with van der Waals surface area (Å²) in [5.74, 6) is -0.613. The summed E-state index contributed by atoms with van der Waals surface area (Å²) in [5, 5.41) is 4.17. The van der Waals surface area contributed by atoms with E-state index in [0.717, 1.165) is 11.3 Å². The van der Waals surface area contributed by atoms with Gasteiger partial charge in [-0.25, -0.2) is 4.68 Å². The standard InChI is InChI=1S/C13H16N4O/c1-7-4-5-10(6-8(7)2)17-9(3)11(14)12(16-17)13(15)18/h4-6H,14H2,1-3H3,(H2,15,18). The van der Waals surface area contributed by atoms with Crippen LogP contribution in [-0.2, 0) is 0 Å². The van der Waals surface area contributed by atoms with Crippen LogP contribution in [0, 0.1) is 20.8 Å². The molecule has 1 aromatic carbocycles. The zero-order chi connectivity index (χ0) is 13.4. The molecule has 18 heavy (non-hydrogen) atoms. The third-order valence-corrected chi connectivity index (χ3v) is 3.13. The number of carbonyl (C=O) groups excluding carboxylic acids is 1. The Kier molecular flexibility index (Phi) is 2.82. The first-order valence-corrected chi connectivity index (χ1v) is 5.64. The van der Waals surface area contributed by atoms with Gasteiger partial charge in [0.25, 0.3) is 5.91 Å². The quantitative estimate of drug-likeness (QED) is 0.838. The first kappa shape index (κ1) is 12.2. The lowest BCUT2D eigenvalue weighted by Crippen LogP contribution is -2.14. The Hall–Kier alpha value is -2.30. The highest BCUT2D eigenvalue weighted by Crippen LogP contribution is 2.21. The maximum Gasteiger partial charge on any atom is 0.271 e. The molecule has 2 rings (SSSR count). The molecular weight excluding hydrogens is 228 g/mol. The number of hydrogen-bond donors (Lipinski definition) is 2. The second-order valence-corrected chi connectivity index (χ2v) is 4.39. The first-order chi connectivity index (χ1) is 8.41. The van der Waals surface area contributed by atoms with Crippen molar-refractivity contribution in [2.75, 3.05) is 5.73 Å². The average Bonchev–Trinajstić information content (AvgIpc) is 2.60. The van der Waals surface area contributed by atoms with Gasteiger partial charge >= 0.3 is 0 Å². The Morgan fingerprint density at radius 3 is 2.39 bits per heavy atom. The summed E-state index contributed by atoms with van der Waals surface area (Å²) in [7, 11) is 0. The van der Waals surface area contributed by atoms with E-state index in [1.54, 1.807) is 4.68 Å². The molecule has 0 fully saturated rings. The summed E-state index contributed by atoms with van der Waals surface area (Å²) in [6.07, 6.45) is 0. The third-order valence-electron chi connectivity index (χ3n) is 3.13. The summed E-state index contributed by atoms with van der Waals surface area (Å²) in [6.45, 7) is 5.87. The lowest BCUT2D eigenvalue weighted by Gasteiger charge is -2.07. The molecule has 0 aliphatic rings. The summed E-state index contributed by atoms with van der Waals surface area (Å²) in [4.78, 5) is 11.2. The zero-order valence-electron chi connectivity index (χ0n) is 10.7. The first-order valence-electron chi connectivity index (χ1n) is 5.64. The predicted molar refractivity (Wildman–Crippen MR) is 70.7 cm³/mol. The molecule has 2 aromatic rings. The van der Waals surface area contributed by atoms with E-state index in [-0.39, 0.29) is 5.69 Å². The predicted octanol–water partition coefficient (Wildman–Crippen LogP) is 1.48. The molecule has 0 saturated heterocycles. The number of nitrogens with zero attached hydrogens (tertiary/aromatic N) is 2. The molecule has 0 aliphatic carbocycles. The minimum Gasteiger partial charge on any atom is -0.395 e. The number of aryl methyl sites for hydroxylation is 2. The van der Waals surface area contributed by atoms with Crippen molar-refractivity contribution in [3.8, 4) is 5.69 Å². The van der Waals surface area contributed by atoms with Gasteiger partial charge < -0.3 is 11.5 Å². The molecule has 0 bridgehead atoms.